The molecule has 2 aromatic rings. The second-order valence-electron chi connectivity index (χ2n) is 2.39. The number of benzene rings is 1. The standard InChI is InChI=1S/C7H3BrCl2N2O/c8-4-2(9)1-3-6(5(4)10)12-7(11)13-3/h1H,(H2,11,12). The van der Waals surface area contributed by atoms with Gasteiger partial charge < -0.3 is 10.2 Å². The predicted octanol–water partition coefficient (Wildman–Crippen LogP) is 3.48. The highest BCUT2D eigenvalue weighted by Gasteiger charge is 2.13. The maximum absolute atomic E-state index is 5.94. The molecule has 0 bridgehead atoms. The summed E-state index contributed by atoms with van der Waals surface area (Å²) in [6, 6.07) is 1.68. The number of fused-ring (bicyclic) bond motifs is 1. The lowest BCUT2D eigenvalue weighted by Gasteiger charge is -1.97. The Morgan fingerprint density at radius 1 is 1.46 bits per heavy atom. The Balaban J connectivity index is 2.92. The summed E-state index contributed by atoms with van der Waals surface area (Å²) in [7, 11) is 0. The maximum Gasteiger partial charge on any atom is 0.293 e. The molecule has 0 fully saturated rings. The van der Waals surface area contributed by atoms with E-state index in [0.29, 0.717) is 25.6 Å². The quantitative estimate of drug-likeness (QED) is 0.752. The third-order valence-corrected chi connectivity index (χ3v) is 3.48. The zero-order valence-electron chi connectivity index (χ0n) is 6.14. The fraction of sp³-hybridized carbons (Fsp3) is 0. The third-order valence-electron chi connectivity index (χ3n) is 1.54. The van der Waals surface area contributed by atoms with E-state index in [4.69, 9.17) is 33.4 Å². The van der Waals surface area contributed by atoms with Gasteiger partial charge in [-0.3, -0.25) is 0 Å². The monoisotopic (exact) mass is 280 g/mol. The van der Waals surface area contributed by atoms with Crippen LogP contribution in [0, 0.1) is 0 Å². The van der Waals surface area contributed by atoms with Gasteiger partial charge in [0.15, 0.2) is 5.58 Å². The molecule has 0 aliphatic carbocycles. The molecule has 0 amide bonds. The van der Waals surface area contributed by atoms with Gasteiger partial charge >= 0.3 is 0 Å². The highest BCUT2D eigenvalue weighted by atomic mass is 79.9. The maximum atomic E-state index is 5.94. The summed E-state index contributed by atoms with van der Waals surface area (Å²) in [5.41, 5.74) is 6.36. The number of nitrogens with two attached hydrogens (primary N) is 1. The summed E-state index contributed by atoms with van der Waals surface area (Å²) in [4.78, 5) is 3.91. The lowest BCUT2D eigenvalue weighted by molar-refractivity contribution is 0.626. The third kappa shape index (κ3) is 1.39. The minimum Gasteiger partial charge on any atom is -0.424 e. The van der Waals surface area contributed by atoms with Crippen molar-refractivity contribution in [1.29, 1.82) is 0 Å². The van der Waals surface area contributed by atoms with Crippen LogP contribution in [0.5, 0.6) is 0 Å². The van der Waals surface area contributed by atoms with Gasteiger partial charge in [0.1, 0.15) is 5.52 Å². The number of nitrogen functional groups attached to an aromatic ring is 1. The molecule has 2 rings (SSSR count). The van der Waals surface area contributed by atoms with Gasteiger partial charge in [0.2, 0.25) is 0 Å². The van der Waals surface area contributed by atoms with Crippen molar-refractivity contribution < 1.29 is 4.42 Å². The van der Waals surface area contributed by atoms with E-state index in [2.05, 4.69) is 20.9 Å². The van der Waals surface area contributed by atoms with Crippen LogP contribution in [-0.2, 0) is 0 Å². The Morgan fingerprint density at radius 3 is 2.85 bits per heavy atom. The molecule has 0 aliphatic heterocycles. The molecule has 1 aromatic carbocycles. The normalized spacial score (nSPS) is 11.0. The molecule has 2 N–H and O–H groups in total. The van der Waals surface area contributed by atoms with Crippen LogP contribution in [-0.4, -0.2) is 4.98 Å². The van der Waals surface area contributed by atoms with Gasteiger partial charge in [-0.25, -0.2) is 0 Å². The Kier molecular flexibility index (Phi) is 2.14. The molecule has 0 saturated carbocycles. The molecule has 68 valence electrons. The number of oxazole rings is 1. The Hall–Kier alpha value is -0.450. The van der Waals surface area contributed by atoms with Gasteiger partial charge in [0, 0.05) is 6.07 Å². The summed E-state index contributed by atoms with van der Waals surface area (Å²) in [6.07, 6.45) is 0. The molecule has 1 aromatic heterocycles. The fourth-order valence-electron chi connectivity index (χ4n) is 0.991. The molecule has 0 saturated heterocycles. The van der Waals surface area contributed by atoms with E-state index < -0.39 is 0 Å². The van der Waals surface area contributed by atoms with Crippen molar-refractivity contribution in [2.45, 2.75) is 0 Å². The van der Waals surface area contributed by atoms with Gasteiger partial charge in [-0.2, -0.15) is 4.98 Å². The molecule has 0 spiro atoms. The van der Waals surface area contributed by atoms with E-state index in [9.17, 15) is 0 Å². The summed E-state index contributed by atoms with van der Waals surface area (Å²) in [5, 5.41) is 0.872. The summed E-state index contributed by atoms with van der Waals surface area (Å²) >= 11 is 15.0. The Morgan fingerprint density at radius 2 is 2.15 bits per heavy atom. The van der Waals surface area contributed by atoms with Crippen molar-refractivity contribution in [3.63, 3.8) is 0 Å². The van der Waals surface area contributed by atoms with Gasteiger partial charge in [-0.05, 0) is 15.9 Å². The van der Waals surface area contributed by atoms with Crippen molar-refractivity contribution >= 4 is 56.2 Å². The molecule has 6 heteroatoms. The molecule has 0 radical (unpaired) electrons. The van der Waals surface area contributed by atoms with Crippen LogP contribution in [0.4, 0.5) is 6.01 Å². The smallest absolute Gasteiger partial charge is 0.293 e. The van der Waals surface area contributed by atoms with Gasteiger partial charge in [-0.1, -0.05) is 23.2 Å². The lowest BCUT2D eigenvalue weighted by atomic mass is 10.3. The molecular formula is C7H3BrCl2N2O. The summed E-state index contributed by atoms with van der Waals surface area (Å²) in [6.45, 7) is 0. The van der Waals surface area contributed by atoms with E-state index >= 15 is 0 Å². The largest absolute Gasteiger partial charge is 0.424 e. The SMILES string of the molecule is Nc1nc2c(Cl)c(Br)c(Cl)cc2o1. The van der Waals surface area contributed by atoms with Crippen molar-refractivity contribution in [2.75, 3.05) is 5.73 Å². The first kappa shape index (κ1) is 9.12. The number of aromatic nitrogens is 1. The molecule has 1 heterocycles. The van der Waals surface area contributed by atoms with Crippen molar-refractivity contribution in [1.82, 2.24) is 4.98 Å². The molecule has 13 heavy (non-hydrogen) atoms. The molecule has 0 aliphatic rings. The van der Waals surface area contributed by atoms with E-state index in [0.717, 1.165) is 0 Å². The summed E-state index contributed by atoms with van der Waals surface area (Å²) < 4.78 is 5.66. The van der Waals surface area contributed by atoms with Crippen LogP contribution in [0.3, 0.4) is 0 Å². The molecular weight excluding hydrogens is 279 g/mol. The van der Waals surface area contributed by atoms with Crippen LogP contribution >= 0.6 is 39.1 Å². The van der Waals surface area contributed by atoms with Crippen molar-refractivity contribution in [3.8, 4) is 0 Å². The van der Waals surface area contributed by atoms with Crippen molar-refractivity contribution in [2.24, 2.45) is 0 Å². The average Bonchev–Trinajstić information content (AvgIpc) is 2.42. The predicted molar refractivity (Wildman–Crippen MR) is 56.1 cm³/mol. The zero-order chi connectivity index (χ0) is 9.59. The van der Waals surface area contributed by atoms with E-state index in [1.807, 2.05) is 0 Å². The molecule has 0 atom stereocenters. The van der Waals surface area contributed by atoms with Crippen LogP contribution in [0.2, 0.25) is 10.0 Å². The van der Waals surface area contributed by atoms with Crippen molar-refractivity contribution in [3.05, 3.63) is 20.6 Å². The highest BCUT2D eigenvalue weighted by molar-refractivity contribution is 9.10. The lowest BCUT2D eigenvalue weighted by Crippen LogP contribution is -1.81. The van der Waals surface area contributed by atoms with Gasteiger partial charge in [0.25, 0.3) is 6.01 Å². The zero-order valence-corrected chi connectivity index (χ0v) is 9.24. The minimum atomic E-state index is 0.0751. The minimum absolute atomic E-state index is 0.0751. The molecule has 0 unspecified atom stereocenters. The van der Waals surface area contributed by atoms with Crippen LogP contribution in [0.15, 0.2) is 15.0 Å². The van der Waals surface area contributed by atoms with Crippen LogP contribution in [0.1, 0.15) is 0 Å². The number of hydrogen-bond acceptors (Lipinski definition) is 3. The van der Waals surface area contributed by atoms with Crippen LogP contribution in [0.25, 0.3) is 11.1 Å². The molecule has 3 nitrogen and oxygen atoms in total. The Labute approximate surface area is 91.9 Å². The number of rotatable bonds is 0. The first-order chi connectivity index (χ1) is 6.09. The topological polar surface area (TPSA) is 52.0 Å². The average molecular weight is 282 g/mol. The fourth-order valence-corrected chi connectivity index (χ4v) is 1.77. The first-order valence-corrected chi connectivity index (χ1v) is 4.84. The van der Waals surface area contributed by atoms with Gasteiger partial charge in [-0.15, -0.1) is 0 Å². The number of hydrogen-bond donors (Lipinski definition) is 1. The number of anilines is 1. The second-order valence-corrected chi connectivity index (χ2v) is 3.96. The van der Waals surface area contributed by atoms with E-state index in [1.54, 1.807) is 6.07 Å². The second kappa shape index (κ2) is 3.04. The first-order valence-electron chi connectivity index (χ1n) is 3.29. The summed E-state index contributed by atoms with van der Waals surface area (Å²) in [5.74, 6) is 0. The van der Waals surface area contributed by atoms with Gasteiger partial charge in [0.05, 0.1) is 14.5 Å². The number of nitrogens with zero attached hydrogens (tertiary/aromatic N) is 1. The Bertz CT molecular complexity index is 483. The van der Waals surface area contributed by atoms with E-state index in [1.165, 1.54) is 0 Å². The highest BCUT2D eigenvalue weighted by Crippen LogP contribution is 2.37. The van der Waals surface area contributed by atoms with Crippen LogP contribution < -0.4 is 5.73 Å². The van der Waals surface area contributed by atoms with E-state index in [-0.39, 0.29) is 6.01 Å². The number of halogens is 3.